The van der Waals surface area contributed by atoms with Crippen LogP contribution < -0.4 is 0 Å². The van der Waals surface area contributed by atoms with Crippen LogP contribution in [0.3, 0.4) is 0 Å². The van der Waals surface area contributed by atoms with Gasteiger partial charge in [0.1, 0.15) is 6.29 Å². The third-order valence-electron chi connectivity index (χ3n) is 2.46. The summed E-state index contributed by atoms with van der Waals surface area (Å²) in [5, 5.41) is 0. The van der Waals surface area contributed by atoms with Crippen molar-refractivity contribution in [2.24, 2.45) is 5.92 Å². The summed E-state index contributed by atoms with van der Waals surface area (Å²) in [6, 6.07) is 0.416. The summed E-state index contributed by atoms with van der Waals surface area (Å²) in [6.07, 6.45) is 5.33. The van der Waals surface area contributed by atoms with Gasteiger partial charge < -0.3 is 9.61 Å². The molecule has 2 atom stereocenters. The monoisotopic (exact) mass is 151 g/mol. The fourth-order valence-electron chi connectivity index (χ4n) is 1.69. The van der Waals surface area contributed by atoms with Gasteiger partial charge in [-0.2, -0.15) is 0 Å². The molecule has 1 aliphatic carbocycles. The maximum absolute atomic E-state index is 10.5. The van der Waals surface area contributed by atoms with Gasteiger partial charge in [-0.3, -0.25) is 0 Å². The van der Waals surface area contributed by atoms with Gasteiger partial charge >= 0.3 is 0 Å². The fourth-order valence-corrected chi connectivity index (χ4v) is 1.69. The molecule has 0 saturated heterocycles. The molecule has 2 nitrogen and oxygen atoms in total. The fraction of sp³-hybridized carbons (Fsp3) is 0.875. The largest absolute Gasteiger partial charge is 0.354 e. The normalized spacial score (nSPS) is 32.2. The first-order valence-electron chi connectivity index (χ1n) is 4.17. The lowest BCUT2D eigenvalue weighted by Gasteiger charge is -2.31. The number of hydrogen-bond acceptors (Lipinski definition) is 2. The molecule has 2 unspecified atom stereocenters. The van der Waals surface area contributed by atoms with Crippen molar-refractivity contribution in [1.82, 2.24) is 4.81 Å². The number of rotatable bonds is 2. The first-order chi connectivity index (χ1) is 5.24. The predicted octanol–water partition coefficient (Wildman–Crippen LogP) is 0.759. The summed E-state index contributed by atoms with van der Waals surface area (Å²) >= 11 is 0. The molecule has 0 aromatic heterocycles. The molecular formula is C8H14BNO. The molecule has 0 N–H and O–H groups in total. The third kappa shape index (κ3) is 2.33. The number of nitrogens with zero attached hydrogens (tertiary/aromatic N) is 1. The van der Waals surface area contributed by atoms with Gasteiger partial charge in [-0.15, -0.1) is 0 Å². The Hall–Kier alpha value is -0.305. The van der Waals surface area contributed by atoms with E-state index in [1.54, 1.807) is 4.81 Å². The quantitative estimate of drug-likeness (QED) is 0.429. The van der Waals surface area contributed by atoms with Crippen LogP contribution in [0, 0.1) is 5.92 Å². The average Bonchev–Trinajstić information content (AvgIpc) is 2.05. The highest BCUT2D eigenvalue weighted by Gasteiger charge is 2.21. The zero-order chi connectivity index (χ0) is 8.27. The molecule has 0 heterocycles. The molecule has 0 amide bonds. The van der Waals surface area contributed by atoms with Gasteiger partial charge in [-0.25, -0.2) is 0 Å². The second-order valence-corrected chi connectivity index (χ2v) is 3.38. The lowest BCUT2D eigenvalue weighted by Crippen LogP contribution is -2.34. The molecule has 3 heteroatoms. The standard InChI is InChI=1S/C8H14BNO/c1-10(9)8-4-2-3-7(5-8)6-11/h6-8H,2-5H2,1H3. The van der Waals surface area contributed by atoms with Crippen LogP contribution in [-0.2, 0) is 4.79 Å². The summed E-state index contributed by atoms with van der Waals surface area (Å²) in [5.74, 6) is 0.250. The minimum Gasteiger partial charge on any atom is -0.354 e. The Labute approximate surface area is 69.4 Å². The first-order valence-corrected chi connectivity index (χ1v) is 4.17. The summed E-state index contributed by atoms with van der Waals surface area (Å²) < 4.78 is 0. The number of hydrogen-bond donors (Lipinski definition) is 0. The molecule has 0 aromatic carbocycles. The van der Waals surface area contributed by atoms with E-state index in [1.807, 2.05) is 7.05 Å². The van der Waals surface area contributed by atoms with E-state index < -0.39 is 0 Å². The molecule has 1 aliphatic rings. The Bertz CT molecular complexity index is 138. The third-order valence-corrected chi connectivity index (χ3v) is 2.46. The predicted molar refractivity (Wildman–Crippen MR) is 45.3 cm³/mol. The van der Waals surface area contributed by atoms with Crippen molar-refractivity contribution in [2.75, 3.05) is 7.05 Å². The molecule has 60 valence electrons. The Kier molecular flexibility index (Phi) is 3.12. The molecule has 1 fully saturated rings. The molecule has 2 radical (unpaired) electrons. The van der Waals surface area contributed by atoms with E-state index in [1.165, 1.54) is 0 Å². The number of carbonyl (C=O) groups is 1. The van der Waals surface area contributed by atoms with Crippen molar-refractivity contribution in [1.29, 1.82) is 0 Å². The van der Waals surface area contributed by atoms with Crippen LogP contribution in [0.2, 0.25) is 0 Å². The minimum absolute atomic E-state index is 0.250. The van der Waals surface area contributed by atoms with Crippen molar-refractivity contribution in [3.63, 3.8) is 0 Å². The average molecular weight is 151 g/mol. The lowest BCUT2D eigenvalue weighted by molar-refractivity contribution is -0.112. The van der Waals surface area contributed by atoms with Gasteiger partial charge in [0.15, 0.2) is 7.98 Å². The minimum atomic E-state index is 0.250. The summed E-state index contributed by atoms with van der Waals surface area (Å²) in [7, 11) is 7.47. The number of aldehydes is 1. The van der Waals surface area contributed by atoms with E-state index in [0.717, 1.165) is 32.0 Å². The molecule has 1 rings (SSSR count). The van der Waals surface area contributed by atoms with Gasteiger partial charge in [0, 0.05) is 5.92 Å². The highest BCUT2D eigenvalue weighted by molar-refractivity contribution is 6.04. The maximum atomic E-state index is 10.5. The second kappa shape index (κ2) is 3.91. The zero-order valence-electron chi connectivity index (χ0n) is 6.99. The SMILES string of the molecule is [B]N(C)C1CCCC(C=O)C1. The Balaban J connectivity index is 2.39. The van der Waals surface area contributed by atoms with E-state index in [-0.39, 0.29) is 5.92 Å². The van der Waals surface area contributed by atoms with Crippen molar-refractivity contribution in [3.8, 4) is 0 Å². The first kappa shape index (κ1) is 8.79. The summed E-state index contributed by atoms with van der Waals surface area (Å²) in [5.41, 5.74) is 0. The van der Waals surface area contributed by atoms with Gasteiger partial charge in [0.2, 0.25) is 0 Å². The van der Waals surface area contributed by atoms with Crippen LogP contribution in [0.4, 0.5) is 0 Å². The number of carbonyl (C=O) groups excluding carboxylic acids is 1. The van der Waals surface area contributed by atoms with Crippen molar-refractivity contribution in [2.45, 2.75) is 31.7 Å². The Morgan fingerprint density at radius 3 is 2.82 bits per heavy atom. The van der Waals surface area contributed by atoms with Crippen LogP contribution in [0.25, 0.3) is 0 Å². The highest BCUT2D eigenvalue weighted by Crippen LogP contribution is 2.24. The van der Waals surface area contributed by atoms with Gasteiger partial charge in [-0.1, -0.05) is 6.42 Å². The van der Waals surface area contributed by atoms with Crippen LogP contribution in [0.1, 0.15) is 25.7 Å². The van der Waals surface area contributed by atoms with Crippen molar-refractivity contribution >= 4 is 14.3 Å². The molecule has 0 spiro atoms. The zero-order valence-corrected chi connectivity index (χ0v) is 6.99. The van der Waals surface area contributed by atoms with E-state index in [0.29, 0.717) is 6.04 Å². The molecular weight excluding hydrogens is 137 g/mol. The summed E-state index contributed by atoms with van der Waals surface area (Å²) in [6.45, 7) is 0. The molecule has 0 aromatic rings. The van der Waals surface area contributed by atoms with Crippen LogP contribution >= 0.6 is 0 Å². The van der Waals surface area contributed by atoms with Crippen LogP contribution in [-0.4, -0.2) is 32.2 Å². The molecule has 1 saturated carbocycles. The topological polar surface area (TPSA) is 20.3 Å². The van der Waals surface area contributed by atoms with E-state index in [9.17, 15) is 4.79 Å². The van der Waals surface area contributed by atoms with Gasteiger partial charge in [0.05, 0.1) is 0 Å². The van der Waals surface area contributed by atoms with Crippen molar-refractivity contribution < 1.29 is 4.79 Å². The smallest absolute Gasteiger partial charge is 0.182 e. The van der Waals surface area contributed by atoms with Gasteiger partial charge in [0.25, 0.3) is 0 Å². The Morgan fingerprint density at radius 1 is 1.55 bits per heavy atom. The van der Waals surface area contributed by atoms with Crippen LogP contribution in [0.15, 0.2) is 0 Å². The lowest BCUT2D eigenvalue weighted by atomic mass is 9.85. The maximum Gasteiger partial charge on any atom is 0.182 e. The van der Waals surface area contributed by atoms with E-state index >= 15 is 0 Å². The van der Waals surface area contributed by atoms with Crippen LogP contribution in [0.5, 0.6) is 0 Å². The summed E-state index contributed by atoms with van der Waals surface area (Å²) in [4.78, 5) is 12.2. The Morgan fingerprint density at radius 2 is 2.27 bits per heavy atom. The second-order valence-electron chi connectivity index (χ2n) is 3.38. The molecule has 11 heavy (non-hydrogen) atoms. The highest BCUT2D eigenvalue weighted by atomic mass is 16.1. The van der Waals surface area contributed by atoms with E-state index in [2.05, 4.69) is 0 Å². The van der Waals surface area contributed by atoms with Gasteiger partial charge in [-0.05, 0) is 32.4 Å². The molecule has 0 aliphatic heterocycles. The van der Waals surface area contributed by atoms with Crippen molar-refractivity contribution in [3.05, 3.63) is 0 Å². The molecule has 0 bridgehead atoms. The van der Waals surface area contributed by atoms with E-state index in [4.69, 9.17) is 7.98 Å².